The van der Waals surface area contributed by atoms with Crippen LogP contribution in [0.15, 0.2) is 36.4 Å². The smallest absolute Gasteiger partial charge is 0.124 e. The lowest BCUT2D eigenvalue weighted by molar-refractivity contribution is 0.451. The van der Waals surface area contributed by atoms with Crippen LogP contribution in [0.2, 0.25) is 0 Å². The van der Waals surface area contributed by atoms with Crippen molar-refractivity contribution in [1.29, 1.82) is 0 Å². The third-order valence-electron chi connectivity index (χ3n) is 1.99. The molecular formula is C12H9O3. The lowest BCUT2D eigenvalue weighted by Crippen LogP contribution is -1.78. The average Bonchev–Trinajstić information content (AvgIpc) is 2.16. The van der Waals surface area contributed by atoms with Crippen molar-refractivity contribution in [3.63, 3.8) is 0 Å². The molecule has 75 valence electrons. The van der Waals surface area contributed by atoms with E-state index < -0.39 is 0 Å². The fourth-order valence-corrected chi connectivity index (χ4v) is 1.38. The fraction of sp³-hybridized carbons (Fsp3) is 0. The molecule has 3 heteroatoms. The Labute approximate surface area is 86.9 Å². The van der Waals surface area contributed by atoms with Crippen molar-refractivity contribution in [1.82, 2.24) is 0 Å². The number of hydrogen-bond acceptors (Lipinski definition) is 3. The van der Waals surface area contributed by atoms with Gasteiger partial charge in [0.2, 0.25) is 0 Å². The minimum Gasteiger partial charge on any atom is -0.508 e. The van der Waals surface area contributed by atoms with E-state index in [1.807, 2.05) is 0 Å². The van der Waals surface area contributed by atoms with Gasteiger partial charge in [0.05, 0.1) is 0 Å². The zero-order valence-electron chi connectivity index (χ0n) is 7.81. The van der Waals surface area contributed by atoms with Crippen molar-refractivity contribution in [3.8, 4) is 28.4 Å². The quantitative estimate of drug-likeness (QED) is 0.663. The molecule has 0 saturated carbocycles. The molecule has 0 amide bonds. The number of phenolic OH excluding ortho intramolecular Hbond substituents is 3. The van der Waals surface area contributed by atoms with Gasteiger partial charge in [0.1, 0.15) is 17.2 Å². The predicted molar refractivity (Wildman–Crippen MR) is 55.7 cm³/mol. The van der Waals surface area contributed by atoms with Gasteiger partial charge in [-0.15, -0.1) is 0 Å². The van der Waals surface area contributed by atoms with Crippen LogP contribution in [0.5, 0.6) is 17.2 Å². The van der Waals surface area contributed by atoms with E-state index in [9.17, 15) is 15.3 Å². The highest BCUT2D eigenvalue weighted by molar-refractivity contribution is 5.67. The maximum Gasteiger partial charge on any atom is 0.124 e. The Kier molecular flexibility index (Phi) is 2.21. The summed E-state index contributed by atoms with van der Waals surface area (Å²) in [5, 5.41) is 27.8. The van der Waals surface area contributed by atoms with Gasteiger partial charge in [0, 0.05) is 12.1 Å². The predicted octanol–water partition coefficient (Wildman–Crippen LogP) is 2.27. The second-order valence-electron chi connectivity index (χ2n) is 3.19. The number of hydrogen-bond donors (Lipinski definition) is 3. The van der Waals surface area contributed by atoms with Crippen molar-refractivity contribution in [2.75, 3.05) is 0 Å². The molecule has 2 rings (SSSR count). The SMILES string of the molecule is Oc1[c]c(-c2cc(O)cc(O)c2)ccc1. The van der Waals surface area contributed by atoms with Crippen LogP contribution in [0.3, 0.4) is 0 Å². The maximum absolute atomic E-state index is 9.29. The van der Waals surface area contributed by atoms with Crippen LogP contribution in [0, 0.1) is 6.07 Å². The van der Waals surface area contributed by atoms with Crippen molar-refractivity contribution in [2.45, 2.75) is 0 Å². The number of phenols is 3. The molecule has 0 fully saturated rings. The molecule has 0 bridgehead atoms. The second-order valence-corrected chi connectivity index (χ2v) is 3.19. The van der Waals surface area contributed by atoms with Crippen molar-refractivity contribution in [3.05, 3.63) is 42.5 Å². The Balaban J connectivity index is 2.54. The average molecular weight is 201 g/mol. The highest BCUT2D eigenvalue weighted by atomic mass is 16.3. The number of benzene rings is 2. The normalized spacial score (nSPS) is 10.1. The Morgan fingerprint density at radius 2 is 1.53 bits per heavy atom. The van der Waals surface area contributed by atoms with Gasteiger partial charge in [-0.05, 0) is 29.3 Å². The van der Waals surface area contributed by atoms with Crippen LogP contribution >= 0.6 is 0 Å². The molecule has 0 aliphatic carbocycles. The van der Waals surface area contributed by atoms with E-state index in [-0.39, 0.29) is 17.2 Å². The van der Waals surface area contributed by atoms with E-state index in [1.54, 1.807) is 12.1 Å². The van der Waals surface area contributed by atoms with Crippen LogP contribution in [0.1, 0.15) is 0 Å². The van der Waals surface area contributed by atoms with E-state index in [0.29, 0.717) is 11.1 Å². The van der Waals surface area contributed by atoms with Crippen LogP contribution in [-0.4, -0.2) is 15.3 Å². The van der Waals surface area contributed by atoms with Crippen molar-refractivity contribution in [2.24, 2.45) is 0 Å². The van der Waals surface area contributed by atoms with Crippen molar-refractivity contribution < 1.29 is 15.3 Å². The van der Waals surface area contributed by atoms with Gasteiger partial charge in [-0.3, -0.25) is 0 Å². The largest absolute Gasteiger partial charge is 0.508 e. The van der Waals surface area contributed by atoms with Crippen LogP contribution < -0.4 is 0 Å². The zero-order valence-corrected chi connectivity index (χ0v) is 7.81. The molecule has 0 heterocycles. The van der Waals surface area contributed by atoms with E-state index >= 15 is 0 Å². The molecule has 0 unspecified atom stereocenters. The summed E-state index contributed by atoms with van der Waals surface area (Å²) in [7, 11) is 0. The third-order valence-corrected chi connectivity index (χ3v) is 1.99. The maximum atomic E-state index is 9.29. The first kappa shape index (κ1) is 9.40. The summed E-state index contributed by atoms with van der Waals surface area (Å²) in [4.78, 5) is 0. The highest BCUT2D eigenvalue weighted by Crippen LogP contribution is 2.29. The second kappa shape index (κ2) is 3.53. The summed E-state index contributed by atoms with van der Waals surface area (Å²) >= 11 is 0. The third kappa shape index (κ3) is 2.02. The van der Waals surface area contributed by atoms with E-state index in [0.717, 1.165) is 0 Å². The van der Waals surface area contributed by atoms with Crippen molar-refractivity contribution >= 4 is 0 Å². The molecule has 2 aromatic carbocycles. The Morgan fingerprint density at radius 3 is 2.13 bits per heavy atom. The summed E-state index contributed by atoms with van der Waals surface area (Å²) in [6.45, 7) is 0. The molecule has 0 atom stereocenters. The Hall–Kier alpha value is -2.16. The van der Waals surface area contributed by atoms with Gasteiger partial charge in [-0.1, -0.05) is 12.1 Å². The lowest BCUT2D eigenvalue weighted by Gasteiger charge is -2.03. The van der Waals surface area contributed by atoms with Gasteiger partial charge in [0.15, 0.2) is 0 Å². The van der Waals surface area contributed by atoms with Crippen LogP contribution in [-0.2, 0) is 0 Å². The van der Waals surface area contributed by atoms with Gasteiger partial charge < -0.3 is 15.3 Å². The molecule has 0 spiro atoms. The monoisotopic (exact) mass is 201 g/mol. The highest BCUT2D eigenvalue weighted by Gasteiger charge is 2.02. The minimum absolute atomic E-state index is 0.0235. The fourth-order valence-electron chi connectivity index (χ4n) is 1.38. The van der Waals surface area contributed by atoms with Crippen LogP contribution in [0.4, 0.5) is 0 Å². The molecule has 0 saturated heterocycles. The first-order chi connectivity index (χ1) is 7.15. The molecule has 15 heavy (non-hydrogen) atoms. The summed E-state index contributed by atoms with van der Waals surface area (Å²) < 4.78 is 0. The number of aromatic hydroxyl groups is 3. The standard InChI is InChI=1S/C12H9O3/c13-10-3-1-2-8(4-10)9-5-11(14)7-12(15)6-9/h1-3,5-7,13-15H. The molecule has 0 aliphatic rings. The molecule has 2 aromatic rings. The van der Waals surface area contributed by atoms with Gasteiger partial charge in [-0.2, -0.15) is 0 Å². The Bertz CT molecular complexity index is 472. The molecule has 0 aromatic heterocycles. The van der Waals surface area contributed by atoms with E-state index in [2.05, 4.69) is 6.07 Å². The molecule has 3 nitrogen and oxygen atoms in total. The van der Waals surface area contributed by atoms with Gasteiger partial charge in [-0.25, -0.2) is 0 Å². The molecule has 3 N–H and O–H groups in total. The Morgan fingerprint density at radius 1 is 0.867 bits per heavy atom. The summed E-state index contributed by atoms with van der Waals surface area (Å²) in [5.41, 5.74) is 1.21. The van der Waals surface area contributed by atoms with Gasteiger partial charge in [0.25, 0.3) is 0 Å². The summed E-state index contributed by atoms with van der Waals surface area (Å²) in [5.74, 6) is -0.0289. The topological polar surface area (TPSA) is 60.7 Å². The van der Waals surface area contributed by atoms with Gasteiger partial charge >= 0.3 is 0 Å². The van der Waals surface area contributed by atoms with Crippen LogP contribution in [0.25, 0.3) is 11.1 Å². The first-order valence-corrected chi connectivity index (χ1v) is 4.40. The summed E-state index contributed by atoms with van der Waals surface area (Å²) in [6, 6.07) is 11.8. The zero-order chi connectivity index (χ0) is 10.8. The molecule has 1 radical (unpaired) electrons. The molecule has 0 aliphatic heterocycles. The lowest BCUT2D eigenvalue weighted by atomic mass is 10.0. The van der Waals surface area contributed by atoms with E-state index in [4.69, 9.17) is 0 Å². The van der Waals surface area contributed by atoms with E-state index in [1.165, 1.54) is 24.3 Å². The minimum atomic E-state index is -0.0262. The number of rotatable bonds is 1. The first-order valence-electron chi connectivity index (χ1n) is 4.40. The molecular weight excluding hydrogens is 192 g/mol. The summed E-state index contributed by atoms with van der Waals surface area (Å²) in [6.07, 6.45) is 0.